The van der Waals surface area contributed by atoms with Crippen molar-refractivity contribution in [3.05, 3.63) is 70.8 Å². The summed E-state index contributed by atoms with van der Waals surface area (Å²) in [4.78, 5) is 11.5. The van der Waals surface area contributed by atoms with Gasteiger partial charge in [-0.25, -0.2) is 0 Å². The molecule has 0 amide bonds. The van der Waals surface area contributed by atoms with Crippen molar-refractivity contribution in [1.82, 2.24) is 0 Å². The molecule has 0 aromatic carbocycles. The van der Waals surface area contributed by atoms with Crippen molar-refractivity contribution < 1.29 is 40.2 Å². The Morgan fingerprint density at radius 3 is 1.69 bits per heavy atom. The summed E-state index contributed by atoms with van der Waals surface area (Å²) in [7, 11) is 0. The lowest BCUT2D eigenvalue weighted by Crippen LogP contribution is -2.56. The van der Waals surface area contributed by atoms with Gasteiger partial charge >= 0.3 is 5.97 Å². The zero-order valence-corrected chi connectivity index (χ0v) is 29.9. The molecule has 268 valence electrons. The van der Waals surface area contributed by atoms with Gasteiger partial charge in [-0.3, -0.25) is 4.79 Å². The number of hydrogen-bond donors (Lipinski definition) is 6. The Balaban J connectivity index is 0.000000155. The van der Waals surface area contributed by atoms with Crippen LogP contribution in [0.2, 0.25) is 0 Å². The maximum absolute atomic E-state index is 11.5. The van der Waals surface area contributed by atoms with Gasteiger partial charge in [0, 0.05) is 24.2 Å². The number of aliphatic hydroxyl groups is 6. The summed E-state index contributed by atoms with van der Waals surface area (Å²) in [5, 5.41) is 62.8. The lowest BCUT2D eigenvalue weighted by Gasteiger charge is -2.59. The second-order valence-corrected chi connectivity index (χ2v) is 17.8. The van der Waals surface area contributed by atoms with Gasteiger partial charge in [0.15, 0.2) is 5.76 Å². The molecular formula is C41H56O8. The number of carbonyl (C=O) groups is 1. The molecule has 4 fully saturated rings. The highest BCUT2D eigenvalue weighted by molar-refractivity contribution is 5.67. The van der Waals surface area contributed by atoms with Crippen LogP contribution in [0.1, 0.15) is 92.9 Å². The van der Waals surface area contributed by atoms with Gasteiger partial charge in [-0.2, -0.15) is 0 Å². The Bertz CT molecular complexity index is 1600. The van der Waals surface area contributed by atoms with Crippen molar-refractivity contribution in [3.8, 4) is 0 Å². The monoisotopic (exact) mass is 676 g/mol. The standard InChI is InChI=1S/C21H28O5.C20H28O3/c1-11(22)26-19-17(25)10-15-18-14(5-7-21(15,19)3)20(2)6-4-13(23)8-12(20)9-16(18)24;1-11-8-15-17-14(5-7-20(15,3)18(11)23)19(2)6-4-13(21)9-12(19)10-16(17)22/h4,6,8,12,14-16,18,23-25H,5,7,9-10H2,1-3H3;4,6,9,12,14-17,21-23H,5,7-8,10H2,1-3H3/t12-,14?,15?,16+,18?,20+,21+;12-,14?,15?,16+,17?,19+,20+/m11/s1. The van der Waals surface area contributed by atoms with Crippen molar-refractivity contribution in [3.63, 3.8) is 0 Å². The number of hydrogen-bond acceptors (Lipinski definition) is 8. The summed E-state index contributed by atoms with van der Waals surface area (Å²) in [6, 6.07) is 0. The Labute approximate surface area is 290 Å². The molecule has 8 aliphatic rings. The van der Waals surface area contributed by atoms with E-state index in [1.165, 1.54) is 6.92 Å². The molecule has 0 saturated heterocycles. The zero-order chi connectivity index (χ0) is 35.4. The average molecular weight is 677 g/mol. The maximum atomic E-state index is 11.5. The molecule has 8 aliphatic carbocycles. The average Bonchev–Trinajstić information content (AvgIpc) is 3.42. The van der Waals surface area contributed by atoms with E-state index in [0.717, 1.165) is 37.7 Å². The first-order chi connectivity index (χ1) is 22.9. The third-order valence-corrected chi connectivity index (χ3v) is 15.4. The van der Waals surface area contributed by atoms with Gasteiger partial charge in [-0.05, 0) is 140 Å². The molecule has 6 unspecified atom stereocenters. The van der Waals surface area contributed by atoms with Crippen LogP contribution in [0.25, 0.3) is 0 Å². The molecule has 0 aromatic heterocycles. The highest BCUT2D eigenvalue weighted by atomic mass is 16.5. The molecule has 8 rings (SSSR count). The van der Waals surface area contributed by atoms with Crippen LogP contribution in [0.3, 0.4) is 0 Å². The van der Waals surface area contributed by atoms with E-state index in [9.17, 15) is 35.4 Å². The fourth-order valence-electron chi connectivity index (χ4n) is 12.7. The highest BCUT2D eigenvalue weighted by Gasteiger charge is 2.63. The Hall–Kier alpha value is -2.97. The number of carbonyl (C=O) groups excluding carboxylic acids is 1. The van der Waals surface area contributed by atoms with E-state index in [2.05, 4.69) is 39.8 Å². The van der Waals surface area contributed by atoms with E-state index in [-0.39, 0.29) is 69.4 Å². The van der Waals surface area contributed by atoms with E-state index in [4.69, 9.17) is 4.74 Å². The summed E-state index contributed by atoms with van der Waals surface area (Å²) < 4.78 is 5.41. The second-order valence-electron chi connectivity index (χ2n) is 17.8. The summed E-state index contributed by atoms with van der Waals surface area (Å²) >= 11 is 0. The third kappa shape index (κ3) is 5.01. The number of ether oxygens (including phenoxy) is 1. The number of fused-ring (bicyclic) bond motifs is 10. The number of aliphatic hydroxyl groups excluding tert-OH is 6. The first-order valence-corrected chi connectivity index (χ1v) is 18.5. The van der Waals surface area contributed by atoms with Crippen molar-refractivity contribution in [1.29, 1.82) is 0 Å². The first kappa shape index (κ1) is 34.5. The first-order valence-electron chi connectivity index (χ1n) is 18.5. The van der Waals surface area contributed by atoms with Crippen molar-refractivity contribution >= 4 is 5.97 Å². The van der Waals surface area contributed by atoms with Crippen LogP contribution >= 0.6 is 0 Å². The Morgan fingerprint density at radius 2 is 1.20 bits per heavy atom. The zero-order valence-electron chi connectivity index (χ0n) is 29.9. The van der Waals surface area contributed by atoms with Gasteiger partial charge in [-0.1, -0.05) is 39.8 Å². The van der Waals surface area contributed by atoms with E-state index in [1.807, 2.05) is 25.2 Å². The number of esters is 1. The predicted octanol–water partition coefficient (Wildman–Crippen LogP) is 8.04. The maximum Gasteiger partial charge on any atom is 0.307 e. The number of rotatable bonds is 1. The van der Waals surface area contributed by atoms with Crippen molar-refractivity contribution in [2.24, 2.45) is 69.0 Å². The lowest BCUT2D eigenvalue weighted by atomic mass is 9.46. The quantitative estimate of drug-likeness (QED) is 0.153. The Morgan fingerprint density at radius 1 is 0.735 bits per heavy atom. The van der Waals surface area contributed by atoms with E-state index in [1.54, 1.807) is 6.08 Å². The van der Waals surface area contributed by atoms with Crippen LogP contribution in [0.5, 0.6) is 0 Å². The lowest BCUT2D eigenvalue weighted by molar-refractivity contribution is -0.145. The SMILES string of the molecule is CC(=O)OC1=C(O)CC2C3C(CC[C@]12C)[C@@]1(C)C=CC(O)=C[C@@H]1C[C@@H]3O.CC1=C(O)[C@@]2(C)CCC3C(C2C1)[C@@H](O)C[C@H]1C=C(O)C=C[C@]31C. The fourth-order valence-corrected chi connectivity index (χ4v) is 12.7. The molecule has 0 heterocycles. The van der Waals surface area contributed by atoms with Crippen LogP contribution in [0, 0.1) is 69.0 Å². The van der Waals surface area contributed by atoms with Crippen molar-refractivity contribution in [2.75, 3.05) is 0 Å². The summed E-state index contributed by atoms with van der Waals surface area (Å²) in [5.74, 6) is 2.98. The normalized spacial score (nSPS) is 49.2. The minimum absolute atomic E-state index is 0.00354. The minimum Gasteiger partial charge on any atom is -0.512 e. The molecule has 0 aromatic rings. The molecule has 0 bridgehead atoms. The molecule has 49 heavy (non-hydrogen) atoms. The molecule has 0 aliphatic heterocycles. The number of allylic oxidation sites excluding steroid dienone is 10. The van der Waals surface area contributed by atoms with Crippen molar-refractivity contribution in [2.45, 2.75) is 105 Å². The minimum atomic E-state index is -0.497. The van der Waals surface area contributed by atoms with Crippen LogP contribution in [0.15, 0.2) is 70.8 Å². The van der Waals surface area contributed by atoms with Crippen LogP contribution in [0.4, 0.5) is 0 Å². The third-order valence-electron chi connectivity index (χ3n) is 15.4. The van der Waals surface area contributed by atoms with Gasteiger partial charge in [0.25, 0.3) is 0 Å². The highest BCUT2D eigenvalue weighted by Crippen LogP contribution is 2.67. The van der Waals surface area contributed by atoms with E-state index >= 15 is 0 Å². The van der Waals surface area contributed by atoms with E-state index in [0.29, 0.717) is 48.4 Å². The second kappa shape index (κ2) is 11.5. The van der Waals surface area contributed by atoms with Crippen LogP contribution in [-0.2, 0) is 9.53 Å². The van der Waals surface area contributed by atoms with Gasteiger partial charge in [0.2, 0.25) is 0 Å². The van der Waals surface area contributed by atoms with Gasteiger partial charge in [-0.15, -0.1) is 0 Å². The molecule has 6 N–H and O–H groups in total. The molecule has 14 atom stereocenters. The summed E-state index contributed by atoms with van der Waals surface area (Å²) in [6.07, 6.45) is 17.2. The smallest absolute Gasteiger partial charge is 0.307 e. The van der Waals surface area contributed by atoms with Crippen LogP contribution in [-0.4, -0.2) is 48.8 Å². The topological polar surface area (TPSA) is 148 Å². The van der Waals surface area contributed by atoms with E-state index < -0.39 is 17.5 Å². The largest absolute Gasteiger partial charge is 0.512 e. The van der Waals surface area contributed by atoms with Crippen LogP contribution < -0.4 is 0 Å². The molecule has 8 heteroatoms. The molecule has 4 saturated carbocycles. The Kier molecular flexibility index (Phi) is 8.11. The molecular weight excluding hydrogens is 620 g/mol. The molecule has 8 nitrogen and oxygen atoms in total. The van der Waals surface area contributed by atoms with Gasteiger partial charge < -0.3 is 35.4 Å². The van der Waals surface area contributed by atoms with Gasteiger partial charge in [0.1, 0.15) is 17.3 Å². The molecule has 0 radical (unpaired) electrons. The summed E-state index contributed by atoms with van der Waals surface area (Å²) in [6.45, 7) is 12.1. The van der Waals surface area contributed by atoms with Gasteiger partial charge in [0.05, 0.1) is 18.0 Å². The summed E-state index contributed by atoms with van der Waals surface area (Å²) in [5.41, 5.74) is 0.415. The molecule has 0 spiro atoms. The fraction of sp³-hybridized carbons (Fsp3) is 0.683. The predicted molar refractivity (Wildman–Crippen MR) is 186 cm³/mol.